The fourth-order valence-electron chi connectivity index (χ4n) is 2.64. The van der Waals surface area contributed by atoms with Crippen molar-refractivity contribution in [1.82, 2.24) is 15.8 Å². The topological polar surface area (TPSA) is 89.6 Å². The lowest BCUT2D eigenvalue weighted by Crippen LogP contribution is -2.50. The molecule has 0 saturated carbocycles. The van der Waals surface area contributed by atoms with Crippen LogP contribution in [0.4, 0.5) is 4.39 Å². The lowest BCUT2D eigenvalue weighted by Gasteiger charge is -2.25. The lowest BCUT2D eigenvalue weighted by molar-refractivity contribution is -0.134. The van der Waals surface area contributed by atoms with Gasteiger partial charge in [0.25, 0.3) is 11.8 Å². The summed E-state index contributed by atoms with van der Waals surface area (Å²) < 4.78 is 24.1. The number of fused-ring (bicyclic) bond motifs is 1. The minimum absolute atomic E-state index is 0.0412. The van der Waals surface area contributed by atoms with Crippen molar-refractivity contribution in [3.63, 3.8) is 0 Å². The van der Waals surface area contributed by atoms with E-state index in [1.807, 2.05) is 0 Å². The van der Waals surface area contributed by atoms with Crippen molar-refractivity contribution in [2.45, 2.75) is 6.10 Å². The molecule has 0 fully saturated rings. The molecular formula is C21H16FN3O4S. The number of carbonyl (C=O) groups excluding carboxylic acids is 2. The molecule has 1 aliphatic heterocycles. The Labute approximate surface area is 175 Å². The van der Waals surface area contributed by atoms with Gasteiger partial charge >= 0.3 is 0 Å². The van der Waals surface area contributed by atoms with Crippen LogP contribution < -0.4 is 20.3 Å². The van der Waals surface area contributed by atoms with E-state index < -0.39 is 17.9 Å². The van der Waals surface area contributed by atoms with Gasteiger partial charge in [0.1, 0.15) is 17.4 Å². The Bertz CT molecular complexity index is 1100. The molecule has 0 saturated heterocycles. The average Bonchev–Trinajstić information content (AvgIpc) is 3.25. The van der Waals surface area contributed by atoms with E-state index in [9.17, 15) is 14.0 Å². The largest absolute Gasteiger partial charge is 0.485 e. The van der Waals surface area contributed by atoms with Gasteiger partial charge in [-0.2, -0.15) is 0 Å². The normalized spacial score (nSPS) is 15.0. The Morgan fingerprint density at radius 2 is 1.87 bits per heavy atom. The van der Waals surface area contributed by atoms with Gasteiger partial charge in [-0.25, -0.2) is 9.37 Å². The number of halogens is 1. The van der Waals surface area contributed by atoms with Crippen LogP contribution in [0.15, 0.2) is 60.0 Å². The van der Waals surface area contributed by atoms with Crippen LogP contribution in [0.1, 0.15) is 5.69 Å². The summed E-state index contributed by atoms with van der Waals surface area (Å²) in [5.74, 6) is -0.341. The highest BCUT2D eigenvalue weighted by Gasteiger charge is 2.27. The van der Waals surface area contributed by atoms with Gasteiger partial charge in [0.2, 0.25) is 6.10 Å². The number of benzene rings is 2. The predicted octanol–water partition coefficient (Wildman–Crippen LogP) is 2.95. The quantitative estimate of drug-likeness (QED) is 0.496. The van der Waals surface area contributed by atoms with Crippen molar-refractivity contribution in [2.75, 3.05) is 6.61 Å². The number of nitrogens with zero attached hydrogens (tertiary/aromatic N) is 1. The van der Waals surface area contributed by atoms with E-state index in [1.54, 1.807) is 41.8 Å². The molecule has 7 nitrogen and oxygen atoms in total. The van der Waals surface area contributed by atoms with Crippen LogP contribution in [0.2, 0.25) is 0 Å². The van der Waals surface area contributed by atoms with Crippen LogP contribution in [0.5, 0.6) is 11.5 Å². The molecule has 2 amide bonds. The lowest BCUT2D eigenvalue weighted by atomic mass is 10.2. The average molecular weight is 425 g/mol. The van der Waals surface area contributed by atoms with E-state index in [-0.39, 0.29) is 12.4 Å². The first-order chi connectivity index (χ1) is 14.6. The van der Waals surface area contributed by atoms with Gasteiger partial charge in [-0.05, 0) is 42.5 Å². The molecule has 2 aromatic carbocycles. The Morgan fingerprint density at radius 3 is 2.67 bits per heavy atom. The van der Waals surface area contributed by atoms with Crippen molar-refractivity contribution in [3.05, 3.63) is 71.5 Å². The molecule has 1 aromatic heterocycles. The summed E-state index contributed by atoms with van der Waals surface area (Å²) in [7, 11) is 0. The Morgan fingerprint density at radius 1 is 1.10 bits per heavy atom. The van der Waals surface area contributed by atoms with E-state index in [1.165, 1.54) is 35.6 Å². The summed E-state index contributed by atoms with van der Waals surface area (Å²) >= 11 is 1.37. The molecule has 4 rings (SSSR count). The zero-order chi connectivity index (χ0) is 20.9. The number of carbonyl (C=O) groups is 2. The maximum absolute atomic E-state index is 13.0. The first-order valence-electron chi connectivity index (χ1n) is 8.96. The summed E-state index contributed by atoms with van der Waals surface area (Å²) in [6.45, 7) is 0.0412. The van der Waals surface area contributed by atoms with Gasteiger partial charge in [0.15, 0.2) is 11.5 Å². The van der Waals surface area contributed by atoms with Gasteiger partial charge < -0.3 is 9.47 Å². The number of hydrogen-bond donors (Lipinski definition) is 2. The van der Waals surface area contributed by atoms with E-state index in [4.69, 9.17) is 9.47 Å². The number of amides is 2. The zero-order valence-corrected chi connectivity index (χ0v) is 16.3. The second-order valence-corrected chi connectivity index (χ2v) is 7.12. The predicted molar refractivity (Wildman–Crippen MR) is 109 cm³/mol. The number of rotatable bonds is 4. The summed E-state index contributed by atoms with van der Waals surface area (Å²) in [5, 5.41) is 2.48. The number of para-hydroxylation sites is 2. The second kappa shape index (κ2) is 8.75. The molecular weight excluding hydrogens is 409 g/mol. The molecule has 2 heterocycles. The highest BCUT2D eigenvalue weighted by Crippen LogP contribution is 2.30. The molecule has 0 radical (unpaired) electrons. The van der Waals surface area contributed by atoms with Crippen molar-refractivity contribution in [3.8, 4) is 22.1 Å². The highest BCUT2D eigenvalue weighted by molar-refractivity contribution is 7.13. The standard InChI is InChI=1S/C21H16FN3O4S/c22-14-7-5-13(6-8-14)21-23-15(12-30-21)9-10-19(26)24-25-20(27)18-11-28-16-3-1-2-4-17(16)29-18/h1-10,12,18H,11H2,(H,24,26)(H,25,27)/b10-9+. The van der Waals surface area contributed by atoms with Crippen molar-refractivity contribution in [2.24, 2.45) is 0 Å². The number of hydrazine groups is 1. The van der Waals surface area contributed by atoms with Crippen LogP contribution in [-0.2, 0) is 9.59 Å². The Hall–Kier alpha value is -3.72. The number of hydrogen-bond acceptors (Lipinski definition) is 6. The SMILES string of the molecule is O=C(/C=C/c1csc(-c2ccc(F)cc2)n1)NNC(=O)C1COc2ccccc2O1. The van der Waals surface area contributed by atoms with Gasteiger partial charge in [0.05, 0.1) is 5.69 Å². The van der Waals surface area contributed by atoms with E-state index in [0.29, 0.717) is 22.2 Å². The van der Waals surface area contributed by atoms with Crippen LogP contribution in [0.25, 0.3) is 16.6 Å². The molecule has 9 heteroatoms. The van der Waals surface area contributed by atoms with E-state index in [0.717, 1.165) is 5.56 Å². The van der Waals surface area contributed by atoms with Crippen LogP contribution in [0.3, 0.4) is 0 Å². The third-order valence-corrected chi connectivity index (χ3v) is 5.04. The van der Waals surface area contributed by atoms with Gasteiger partial charge in [-0.1, -0.05) is 12.1 Å². The van der Waals surface area contributed by atoms with Crippen LogP contribution >= 0.6 is 11.3 Å². The molecule has 0 aliphatic carbocycles. The van der Waals surface area contributed by atoms with Gasteiger partial charge in [-0.3, -0.25) is 20.4 Å². The summed E-state index contributed by atoms with van der Waals surface area (Å²) in [6.07, 6.45) is 1.89. The van der Waals surface area contributed by atoms with Crippen molar-refractivity contribution >= 4 is 29.2 Å². The molecule has 2 N–H and O–H groups in total. The van der Waals surface area contributed by atoms with Gasteiger partial charge in [-0.15, -0.1) is 11.3 Å². The first-order valence-corrected chi connectivity index (χ1v) is 9.84. The fraction of sp³-hybridized carbons (Fsp3) is 0.0952. The third-order valence-electron chi connectivity index (χ3n) is 4.13. The maximum Gasteiger partial charge on any atom is 0.283 e. The minimum atomic E-state index is -0.874. The highest BCUT2D eigenvalue weighted by atomic mass is 32.1. The Balaban J connectivity index is 1.28. The first kappa shape index (κ1) is 19.6. The number of aromatic nitrogens is 1. The van der Waals surface area contributed by atoms with Crippen molar-refractivity contribution < 1.29 is 23.5 Å². The van der Waals surface area contributed by atoms with Crippen molar-refractivity contribution in [1.29, 1.82) is 0 Å². The molecule has 1 atom stereocenters. The number of nitrogens with one attached hydrogen (secondary N) is 2. The monoisotopic (exact) mass is 425 g/mol. The number of ether oxygens (including phenoxy) is 2. The molecule has 1 aliphatic rings. The molecule has 0 bridgehead atoms. The smallest absolute Gasteiger partial charge is 0.283 e. The zero-order valence-electron chi connectivity index (χ0n) is 15.5. The fourth-order valence-corrected chi connectivity index (χ4v) is 3.44. The summed E-state index contributed by atoms with van der Waals surface area (Å²) in [6, 6.07) is 13.0. The molecule has 0 spiro atoms. The summed E-state index contributed by atoms with van der Waals surface area (Å²) in [5.41, 5.74) is 5.96. The Kier molecular flexibility index (Phi) is 5.71. The summed E-state index contributed by atoms with van der Waals surface area (Å²) in [4.78, 5) is 28.5. The van der Waals surface area contributed by atoms with Crippen LogP contribution in [-0.4, -0.2) is 29.5 Å². The van der Waals surface area contributed by atoms with E-state index >= 15 is 0 Å². The number of thiazole rings is 1. The molecule has 1 unspecified atom stereocenters. The van der Waals surface area contributed by atoms with E-state index in [2.05, 4.69) is 15.8 Å². The molecule has 152 valence electrons. The third kappa shape index (κ3) is 4.64. The maximum atomic E-state index is 13.0. The molecule has 3 aromatic rings. The van der Waals surface area contributed by atoms with Gasteiger partial charge in [0, 0.05) is 17.0 Å². The second-order valence-electron chi connectivity index (χ2n) is 6.26. The molecule has 30 heavy (non-hydrogen) atoms. The van der Waals surface area contributed by atoms with Crippen LogP contribution in [0, 0.1) is 5.82 Å². The minimum Gasteiger partial charge on any atom is -0.485 e.